The van der Waals surface area contributed by atoms with Gasteiger partial charge in [0.25, 0.3) is 11.1 Å². The fraction of sp³-hybridized carbons (Fsp3) is 0.273. The van der Waals surface area contributed by atoms with Gasteiger partial charge in [-0.2, -0.15) is 4.74 Å². The number of aromatic carboxylic acids is 1. The minimum atomic E-state index is -2.66. The Morgan fingerprint density at radius 1 is 1.22 bits per heavy atom. The predicted octanol–water partition coefficient (Wildman–Crippen LogP) is 2.11. The molecule has 0 aliphatic heterocycles. The van der Waals surface area contributed by atoms with Crippen LogP contribution in [0.25, 0.3) is 27.7 Å². The number of rotatable bonds is 6. The number of carboxylic acids is 1. The van der Waals surface area contributed by atoms with E-state index in [1.807, 2.05) is 0 Å². The maximum absolute atomic E-state index is 13.4. The van der Waals surface area contributed by atoms with Crippen LogP contribution in [0.2, 0.25) is 0 Å². The summed E-state index contributed by atoms with van der Waals surface area (Å²) in [5.41, 5.74) is 0.565. The topological polar surface area (TPSA) is 121 Å². The molecule has 166 valence electrons. The number of ether oxygens (including phenoxy) is 1. The van der Waals surface area contributed by atoms with Crippen LogP contribution >= 0.6 is 0 Å². The molecule has 10 heteroatoms. The average Bonchev–Trinajstić information content (AvgIpc) is 3.18. The van der Waals surface area contributed by atoms with Crippen LogP contribution in [-0.2, 0) is 18.3 Å². The van der Waals surface area contributed by atoms with Crippen molar-refractivity contribution in [2.75, 3.05) is 13.6 Å². The SMILES string of the molecule is [2H]C([2H])([2H])OCCn1c2c(C(=O)O)nc(C)cc2c(=O)n1-c1ccc(-c2c(C)on(C)c2=O)cc1. The van der Waals surface area contributed by atoms with Gasteiger partial charge in [0.1, 0.15) is 11.3 Å². The van der Waals surface area contributed by atoms with Gasteiger partial charge in [0.15, 0.2) is 5.69 Å². The number of carboxylic acid groups (broad SMARTS) is 1. The van der Waals surface area contributed by atoms with Gasteiger partial charge in [0.05, 0.1) is 33.9 Å². The summed E-state index contributed by atoms with van der Waals surface area (Å²) in [6.07, 6.45) is 0. The summed E-state index contributed by atoms with van der Waals surface area (Å²) in [7, 11) is -1.16. The first kappa shape index (κ1) is 17.7. The Bertz CT molecular complexity index is 1560. The first-order valence-corrected chi connectivity index (χ1v) is 9.67. The van der Waals surface area contributed by atoms with E-state index >= 15 is 0 Å². The number of methoxy groups -OCH3 is 1. The van der Waals surface area contributed by atoms with E-state index < -0.39 is 18.6 Å². The third-order valence-corrected chi connectivity index (χ3v) is 5.18. The monoisotopic (exact) mass is 441 g/mol. The van der Waals surface area contributed by atoms with Gasteiger partial charge >= 0.3 is 5.97 Å². The van der Waals surface area contributed by atoms with Crippen molar-refractivity contribution in [3.63, 3.8) is 0 Å². The summed E-state index contributed by atoms with van der Waals surface area (Å²) >= 11 is 0. The first-order valence-electron chi connectivity index (χ1n) is 11.2. The number of benzene rings is 1. The summed E-state index contributed by atoms with van der Waals surface area (Å²) in [6, 6.07) is 7.97. The second-order valence-corrected chi connectivity index (χ2v) is 7.27. The summed E-state index contributed by atoms with van der Waals surface area (Å²) in [5, 5.41) is 9.84. The highest BCUT2D eigenvalue weighted by Crippen LogP contribution is 2.24. The van der Waals surface area contributed by atoms with Crippen molar-refractivity contribution in [1.82, 2.24) is 19.1 Å². The average molecular weight is 441 g/mol. The van der Waals surface area contributed by atoms with Gasteiger partial charge in [-0.15, -0.1) is 0 Å². The molecule has 0 unspecified atom stereocenters. The van der Waals surface area contributed by atoms with Gasteiger partial charge in [-0.05, 0) is 37.6 Å². The Morgan fingerprint density at radius 2 is 1.94 bits per heavy atom. The van der Waals surface area contributed by atoms with E-state index in [4.69, 9.17) is 13.4 Å². The number of aromatic nitrogens is 4. The molecule has 0 fully saturated rings. The van der Waals surface area contributed by atoms with Crippen LogP contribution in [0.3, 0.4) is 0 Å². The van der Waals surface area contributed by atoms with Gasteiger partial charge in [0, 0.05) is 19.8 Å². The van der Waals surface area contributed by atoms with Gasteiger partial charge < -0.3 is 14.4 Å². The zero-order chi connectivity index (χ0) is 25.7. The van der Waals surface area contributed by atoms with Crippen LogP contribution in [0.1, 0.15) is 26.1 Å². The molecule has 1 N–H and O–H groups in total. The number of carbonyl (C=O) groups is 1. The van der Waals surface area contributed by atoms with Crippen LogP contribution in [0.5, 0.6) is 0 Å². The number of aryl methyl sites for hydroxylation is 3. The van der Waals surface area contributed by atoms with Gasteiger partial charge in [0.2, 0.25) is 0 Å². The third kappa shape index (κ3) is 3.34. The van der Waals surface area contributed by atoms with Crippen LogP contribution < -0.4 is 11.1 Å². The van der Waals surface area contributed by atoms with E-state index in [0.29, 0.717) is 28.3 Å². The van der Waals surface area contributed by atoms with Crippen molar-refractivity contribution in [3.05, 3.63) is 68.2 Å². The lowest BCUT2D eigenvalue weighted by Gasteiger charge is -2.13. The van der Waals surface area contributed by atoms with Crippen molar-refractivity contribution < 1.29 is 23.3 Å². The number of hydrogen-bond donors (Lipinski definition) is 1. The minimum Gasteiger partial charge on any atom is -0.476 e. The van der Waals surface area contributed by atoms with Crippen molar-refractivity contribution >= 4 is 16.9 Å². The number of fused-ring (bicyclic) bond motifs is 1. The van der Waals surface area contributed by atoms with Crippen molar-refractivity contribution in [2.45, 2.75) is 20.4 Å². The van der Waals surface area contributed by atoms with Crippen molar-refractivity contribution in [3.8, 4) is 16.8 Å². The Balaban J connectivity index is 1.90. The Labute approximate surface area is 186 Å². The lowest BCUT2D eigenvalue weighted by atomic mass is 10.1. The minimum absolute atomic E-state index is 0.0471. The lowest BCUT2D eigenvalue weighted by molar-refractivity contribution is 0.0691. The van der Waals surface area contributed by atoms with Crippen LogP contribution in [0.4, 0.5) is 0 Å². The molecule has 10 nitrogen and oxygen atoms in total. The molecule has 0 bridgehead atoms. The summed E-state index contributed by atoms with van der Waals surface area (Å²) in [5.74, 6) is -0.894. The van der Waals surface area contributed by atoms with E-state index in [-0.39, 0.29) is 35.3 Å². The molecule has 0 atom stereocenters. The molecule has 32 heavy (non-hydrogen) atoms. The van der Waals surface area contributed by atoms with E-state index in [2.05, 4.69) is 4.98 Å². The molecule has 0 radical (unpaired) electrons. The normalized spacial score (nSPS) is 13.2. The number of hydrogen-bond acceptors (Lipinski definition) is 6. The highest BCUT2D eigenvalue weighted by Gasteiger charge is 2.23. The fourth-order valence-corrected chi connectivity index (χ4v) is 3.86. The molecule has 0 saturated heterocycles. The molecule has 0 spiro atoms. The van der Waals surface area contributed by atoms with Gasteiger partial charge in [-0.1, -0.05) is 12.1 Å². The van der Waals surface area contributed by atoms with Gasteiger partial charge in [-0.3, -0.25) is 14.3 Å². The molecular weight excluding hydrogens is 416 g/mol. The zero-order valence-corrected chi connectivity index (χ0v) is 17.6. The second kappa shape index (κ2) is 7.97. The van der Waals surface area contributed by atoms with E-state index in [1.165, 1.54) is 22.5 Å². The molecular formula is C22H22N4O6. The maximum Gasteiger partial charge on any atom is 0.356 e. The molecule has 0 amide bonds. The van der Waals surface area contributed by atoms with Crippen molar-refractivity contribution in [2.24, 2.45) is 7.05 Å². The summed E-state index contributed by atoms with van der Waals surface area (Å²) in [6.45, 7) is 2.80. The maximum atomic E-state index is 13.4. The smallest absolute Gasteiger partial charge is 0.356 e. The van der Waals surface area contributed by atoms with Crippen LogP contribution in [0, 0.1) is 13.8 Å². The summed E-state index contributed by atoms with van der Waals surface area (Å²) < 4.78 is 35.7. The summed E-state index contributed by atoms with van der Waals surface area (Å²) in [4.78, 5) is 41.8. The highest BCUT2D eigenvalue weighted by molar-refractivity contribution is 6.00. The predicted molar refractivity (Wildman–Crippen MR) is 117 cm³/mol. The van der Waals surface area contributed by atoms with E-state index in [1.54, 1.807) is 38.1 Å². The Kier molecular flexibility index (Phi) is 4.41. The molecule has 0 aliphatic carbocycles. The largest absolute Gasteiger partial charge is 0.476 e. The standard InChI is InChI=1S/C22H22N4O6/c1-12-11-16-19(18(23-12)22(29)30)25(9-10-31-4)26(20(16)27)15-7-5-14(6-8-15)17-13(2)32-24(3)21(17)28/h5-8,11H,9-10H2,1-4H3,(H,29,30)/i4D3. The Hall–Kier alpha value is -3.92. The molecule has 4 rings (SSSR count). The molecule has 0 aliphatic rings. The Morgan fingerprint density at radius 3 is 2.53 bits per heavy atom. The fourth-order valence-electron chi connectivity index (χ4n) is 3.86. The van der Waals surface area contributed by atoms with Gasteiger partial charge in [-0.25, -0.2) is 14.5 Å². The first-order chi connectivity index (χ1) is 16.4. The lowest BCUT2D eigenvalue weighted by Crippen LogP contribution is -2.23. The number of nitrogens with zero attached hydrogens (tertiary/aromatic N) is 4. The number of pyridine rings is 1. The second-order valence-electron chi connectivity index (χ2n) is 7.27. The van der Waals surface area contributed by atoms with Crippen LogP contribution in [0.15, 0.2) is 44.4 Å². The van der Waals surface area contributed by atoms with E-state index in [9.17, 15) is 19.5 Å². The zero-order valence-electron chi connectivity index (χ0n) is 20.6. The van der Waals surface area contributed by atoms with Crippen molar-refractivity contribution in [1.29, 1.82) is 0 Å². The third-order valence-electron chi connectivity index (χ3n) is 5.18. The molecule has 3 aromatic heterocycles. The highest BCUT2D eigenvalue weighted by atomic mass is 16.5. The van der Waals surface area contributed by atoms with E-state index in [0.717, 1.165) is 4.74 Å². The quantitative estimate of drug-likeness (QED) is 0.486. The molecule has 1 aromatic carbocycles. The van der Waals surface area contributed by atoms with Crippen LogP contribution in [-0.4, -0.2) is 43.8 Å². The molecule has 0 saturated carbocycles. The molecule has 3 heterocycles. The molecule has 4 aromatic rings.